The number of hydrogen-bond acceptors (Lipinski definition) is 4. The van der Waals surface area contributed by atoms with Crippen molar-refractivity contribution >= 4 is 41.1 Å². The fraction of sp³-hybridized carbons (Fsp3) is 0.526. The third-order valence-corrected chi connectivity index (χ3v) is 5.81. The maximum atomic E-state index is 12.9. The highest BCUT2D eigenvalue weighted by molar-refractivity contribution is 6.35. The lowest BCUT2D eigenvalue weighted by Crippen LogP contribution is -2.52. The molecule has 2 saturated heterocycles. The van der Waals surface area contributed by atoms with E-state index < -0.39 is 6.04 Å². The van der Waals surface area contributed by atoms with Gasteiger partial charge in [0, 0.05) is 30.7 Å². The molecule has 3 amide bonds. The minimum atomic E-state index is -0.527. The number of piperidine rings is 1. The number of ether oxygens (including phenoxy) is 1. The van der Waals surface area contributed by atoms with Gasteiger partial charge >= 0.3 is 6.09 Å². The summed E-state index contributed by atoms with van der Waals surface area (Å²) >= 11 is 12.1. The Bertz CT molecular complexity index is 766. The second kappa shape index (κ2) is 9.01. The number of likely N-dealkylation sites (tertiary alicyclic amines) is 2. The summed E-state index contributed by atoms with van der Waals surface area (Å²) in [6, 6.07) is 4.18. The molecule has 7 nitrogen and oxygen atoms in total. The Labute approximate surface area is 173 Å². The molecule has 1 aromatic carbocycles. The van der Waals surface area contributed by atoms with Crippen molar-refractivity contribution in [2.45, 2.75) is 37.8 Å². The van der Waals surface area contributed by atoms with Crippen LogP contribution in [0.5, 0.6) is 0 Å². The number of methoxy groups -OCH3 is 1. The van der Waals surface area contributed by atoms with Gasteiger partial charge in [0.2, 0.25) is 5.91 Å². The average Bonchev–Trinajstić information content (AvgIpc) is 3.19. The predicted octanol–water partition coefficient (Wildman–Crippen LogP) is 2.95. The van der Waals surface area contributed by atoms with Gasteiger partial charge in [0.1, 0.15) is 6.04 Å². The Morgan fingerprint density at radius 2 is 1.82 bits per heavy atom. The maximum absolute atomic E-state index is 12.9. The number of nitrogens with one attached hydrogen (secondary N) is 1. The summed E-state index contributed by atoms with van der Waals surface area (Å²) in [6.07, 6.45) is 2.32. The van der Waals surface area contributed by atoms with Gasteiger partial charge < -0.3 is 19.9 Å². The third-order valence-electron chi connectivity index (χ3n) is 5.25. The highest BCUT2D eigenvalue weighted by atomic mass is 35.5. The molecule has 2 fully saturated rings. The molecule has 2 aliphatic rings. The molecular weight excluding hydrogens is 405 g/mol. The van der Waals surface area contributed by atoms with Gasteiger partial charge in [0.15, 0.2) is 0 Å². The topological polar surface area (TPSA) is 79.0 Å². The summed E-state index contributed by atoms with van der Waals surface area (Å²) in [6.45, 7) is 1.56. The molecule has 0 radical (unpaired) electrons. The molecule has 1 N–H and O–H groups in total. The zero-order valence-corrected chi connectivity index (χ0v) is 17.1. The van der Waals surface area contributed by atoms with Crippen LogP contribution < -0.4 is 5.32 Å². The second-order valence-electron chi connectivity index (χ2n) is 7.02. The second-order valence-corrected chi connectivity index (χ2v) is 7.86. The van der Waals surface area contributed by atoms with Crippen LogP contribution in [0.4, 0.5) is 4.79 Å². The number of amides is 3. The monoisotopic (exact) mass is 427 g/mol. The average molecular weight is 428 g/mol. The molecule has 0 spiro atoms. The molecular formula is C19H23Cl2N3O4. The first-order valence-corrected chi connectivity index (χ1v) is 10.1. The molecule has 1 unspecified atom stereocenters. The number of halogens is 2. The van der Waals surface area contributed by atoms with Crippen LogP contribution >= 0.6 is 23.2 Å². The molecule has 1 atom stereocenters. The van der Waals surface area contributed by atoms with E-state index in [0.29, 0.717) is 54.5 Å². The Morgan fingerprint density at radius 3 is 2.50 bits per heavy atom. The first-order chi connectivity index (χ1) is 13.4. The van der Waals surface area contributed by atoms with Crippen LogP contribution in [0.1, 0.15) is 36.0 Å². The minimum absolute atomic E-state index is 0.0271. The van der Waals surface area contributed by atoms with Crippen LogP contribution in [0.3, 0.4) is 0 Å². The number of hydrogen-bond donors (Lipinski definition) is 1. The summed E-state index contributed by atoms with van der Waals surface area (Å²) in [4.78, 5) is 40.5. The van der Waals surface area contributed by atoms with Gasteiger partial charge in [-0.15, -0.1) is 0 Å². The Kier molecular flexibility index (Phi) is 6.67. The summed E-state index contributed by atoms with van der Waals surface area (Å²) in [5, 5.41) is 3.77. The van der Waals surface area contributed by atoms with Gasteiger partial charge in [-0.25, -0.2) is 4.79 Å². The summed E-state index contributed by atoms with van der Waals surface area (Å²) in [5.74, 6) is -0.453. The molecule has 2 aliphatic heterocycles. The standard InChI is InChI=1S/C19H23Cl2N3O4/c1-28-19(27)23-9-6-13(7-10-23)22-17(25)16-3-2-8-24(16)18(26)14-11-12(20)4-5-15(14)21/h4-5,11,13,16H,2-3,6-10H2,1H3,(H,22,25). The number of rotatable bonds is 3. The van der Waals surface area contributed by atoms with Gasteiger partial charge in [-0.2, -0.15) is 0 Å². The molecule has 152 valence electrons. The number of nitrogens with zero attached hydrogens (tertiary/aromatic N) is 2. The fourth-order valence-corrected chi connectivity index (χ4v) is 4.10. The molecule has 3 rings (SSSR count). The highest BCUT2D eigenvalue weighted by Gasteiger charge is 2.36. The van der Waals surface area contributed by atoms with Crippen molar-refractivity contribution in [3.05, 3.63) is 33.8 Å². The van der Waals surface area contributed by atoms with E-state index in [1.807, 2.05) is 0 Å². The lowest BCUT2D eigenvalue weighted by atomic mass is 10.0. The lowest BCUT2D eigenvalue weighted by molar-refractivity contribution is -0.125. The van der Waals surface area contributed by atoms with E-state index in [0.717, 1.165) is 6.42 Å². The van der Waals surface area contributed by atoms with Crippen LogP contribution in [0, 0.1) is 0 Å². The third kappa shape index (κ3) is 4.52. The molecule has 0 saturated carbocycles. The van der Waals surface area contributed by atoms with Crippen molar-refractivity contribution in [1.82, 2.24) is 15.1 Å². The SMILES string of the molecule is COC(=O)N1CCC(NC(=O)C2CCCN2C(=O)c2cc(Cl)ccc2Cl)CC1. The summed E-state index contributed by atoms with van der Waals surface area (Å²) in [5.41, 5.74) is 0.306. The smallest absolute Gasteiger partial charge is 0.409 e. The van der Waals surface area contributed by atoms with E-state index in [-0.39, 0.29) is 23.9 Å². The summed E-state index contributed by atoms with van der Waals surface area (Å²) in [7, 11) is 1.36. The molecule has 0 bridgehead atoms. The number of benzene rings is 1. The van der Waals surface area contributed by atoms with Crippen molar-refractivity contribution < 1.29 is 19.1 Å². The van der Waals surface area contributed by atoms with E-state index in [2.05, 4.69) is 5.32 Å². The highest BCUT2D eigenvalue weighted by Crippen LogP contribution is 2.26. The van der Waals surface area contributed by atoms with E-state index >= 15 is 0 Å². The van der Waals surface area contributed by atoms with Crippen molar-refractivity contribution in [2.75, 3.05) is 26.7 Å². The van der Waals surface area contributed by atoms with Crippen LogP contribution in [-0.2, 0) is 9.53 Å². The summed E-state index contributed by atoms with van der Waals surface area (Å²) < 4.78 is 4.72. The zero-order valence-electron chi connectivity index (χ0n) is 15.6. The van der Waals surface area contributed by atoms with Crippen molar-refractivity contribution in [3.8, 4) is 0 Å². The molecule has 0 aromatic heterocycles. The van der Waals surface area contributed by atoms with Gasteiger partial charge in [-0.1, -0.05) is 23.2 Å². The van der Waals surface area contributed by atoms with Gasteiger partial charge in [0.05, 0.1) is 17.7 Å². The van der Waals surface area contributed by atoms with Gasteiger partial charge in [-0.05, 0) is 43.9 Å². The largest absolute Gasteiger partial charge is 0.453 e. The van der Waals surface area contributed by atoms with E-state index in [1.165, 1.54) is 13.2 Å². The quantitative estimate of drug-likeness (QED) is 0.803. The Morgan fingerprint density at radius 1 is 1.11 bits per heavy atom. The van der Waals surface area contributed by atoms with Crippen molar-refractivity contribution in [2.24, 2.45) is 0 Å². The maximum Gasteiger partial charge on any atom is 0.409 e. The van der Waals surface area contributed by atoms with Gasteiger partial charge in [-0.3, -0.25) is 9.59 Å². The molecule has 1 aromatic rings. The van der Waals surface area contributed by atoms with Crippen LogP contribution in [0.2, 0.25) is 10.0 Å². The van der Waals surface area contributed by atoms with E-state index in [4.69, 9.17) is 27.9 Å². The Balaban J connectivity index is 1.61. The van der Waals surface area contributed by atoms with Crippen molar-refractivity contribution in [1.29, 1.82) is 0 Å². The first-order valence-electron chi connectivity index (χ1n) is 9.30. The minimum Gasteiger partial charge on any atom is -0.453 e. The molecule has 28 heavy (non-hydrogen) atoms. The molecule has 2 heterocycles. The van der Waals surface area contributed by atoms with Crippen LogP contribution in [-0.4, -0.2) is 66.5 Å². The Hall–Kier alpha value is -1.99. The molecule has 0 aliphatic carbocycles. The fourth-order valence-electron chi connectivity index (χ4n) is 3.73. The van der Waals surface area contributed by atoms with E-state index in [1.54, 1.807) is 21.9 Å². The van der Waals surface area contributed by atoms with Crippen molar-refractivity contribution in [3.63, 3.8) is 0 Å². The van der Waals surface area contributed by atoms with Gasteiger partial charge in [0.25, 0.3) is 5.91 Å². The van der Waals surface area contributed by atoms with Crippen LogP contribution in [0.25, 0.3) is 0 Å². The number of carbonyl (C=O) groups is 3. The van der Waals surface area contributed by atoms with Crippen LogP contribution in [0.15, 0.2) is 18.2 Å². The molecule has 9 heteroatoms. The van der Waals surface area contributed by atoms with E-state index in [9.17, 15) is 14.4 Å². The zero-order chi connectivity index (χ0) is 20.3. The lowest BCUT2D eigenvalue weighted by Gasteiger charge is -2.33. The predicted molar refractivity (Wildman–Crippen MR) is 106 cm³/mol. The first kappa shape index (κ1) is 20.7. The normalized spacial score (nSPS) is 20.2. The number of carbonyl (C=O) groups excluding carboxylic acids is 3.